The summed E-state index contributed by atoms with van der Waals surface area (Å²) in [6, 6.07) is 0.0710. The van der Waals surface area contributed by atoms with E-state index < -0.39 is 47.0 Å². The van der Waals surface area contributed by atoms with Gasteiger partial charge in [-0.1, -0.05) is 0 Å². The first-order valence-electron chi connectivity index (χ1n) is 4.06. The predicted molar refractivity (Wildman–Crippen MR) is 42.4 cm³/mol. The van der Waals surface area contributed by atoms with Crippen molar-refractivity contribution in [2.75, 3.05) is 0 Å². The van der Waals surface area contributed by atoms with E-state index in [0.717, 1.165) is 0 Å². The minimum atomic E-state index is -2.19. The molecule has 0 aliphatic carbocycles. The second kappa shape index (κ2) is 4.89. The van der Waals surface area contributed by atoms with Crippen molar-refractivity contribution in [1.29, 1.82) is 0 Å². The Bertz CT molecular complexity index is 486. The Hall–Kier alpha value is -1.99. The number of hydrogen-bond acceptors (Lipinski definition) is 3. The molecule has 17 heavy (non-hydrogen) atoms. The predicted octanol–water partition coefficient (Wildman–Crippen LogP) is 2.24. The van der Waals surface area contributed by atoms with Gasteiger partial charge in [-0.25, -0.2) is 22.4 Å². The summed E-state index contributed by atoms with van der Waals surface area (Å²) in [4.78, 5) is 24.1. The van der Waals surface area contributed by atoms with Crippen molar-refractivity contribution in [2.24, 2.45) is 0 Å². The zero-order chi connectivity index (χ0) is 13.2. The first kappa shape index (κ1) is 13.1. The molecule has 0 fully saturated rings. The van der Waals surface area contributed by atoms with Crippen molar-refractivity contribution in [1.82, 2.24) is 0 Å². The van der Waals surface area contributed by atoms with Gasteiger partial charge in [0.2, 0.25) is 0 Å². The molecule has 0 atom stereocenters. The SMILES string of the molecule is O=C(CC(=O)c1cc(F)c(F)c(F)c1F)OF. The molecule has 1 aromatic carbocycles. The maximum absolute atomic E-state index is 13.0. The second-order valence-corrected chi connectivity index (χ2v) is 2.90. The highest BCUT2D eigenvalue weighted by Crippen LogP contribution is 2.20. The molecule has 0 heterocycles. The lowest BCUT2D eigenvalue weighted by molar-refractivity contribution is -0.182. The quantitative estimate of drug-likeness (QED) is 0.273. The van der Waals surface area contributed by atoms with Gasteiger partial charge in [0.1, 0.15) is 6.42 Å². The van der Waals surface area contributed by atoms with Crippen LogP contribution in [0.1, 0.15) is 16.8 Å². The van der Waals surface area contributed by atoms with Crippen LogP contribution in [-0.2, 0) is 9.74 Å². The number of rotatable bonds is 3. The zero-order valence-corrected chi connectivity index (χ0v) is 7.90. The number of ketones is 1. The Morgan fingerprint density at radius 3 is 2.18 bits per heavy atom. The molecule has 1 aromatic rings. The fourth-order valence-corrected chi connectivity index (χ4v) is 1.03. The third-order valence-corrected chi connectivity index (χ3v) is 1.79. The third kappa shape index (κ3) is 2.58. The monoisotopic (exact) mass is 254 g/mol. The van der Waals surface area contributed by atoms with Crippen LogP contribution in [0.25, 0.3) is 0 Å². The van der Waals surface area contributed by atoms with Crippen LogP contribution in [0.3, 0.4) is 0 Å². The van der Waals surface area contributed by atoms with Crippen molar-refractivity contribution in [3.05, 3.63) is 34.9 Å². The van der Waals surface area contributed by atoms with Crippen molar-refractivity contribution >= 4 is 11.8 Å². The molecule has 0 radical (unpaired) electrons. The number of halogens is 5. The largest absolute Gasteiger partial charge is 0.356 e. The maximum atomic E-state index is 13.0. The van der Waals surface area contributed by atoms with Gasteiger partial charge in [0, 0.05) is 4.53 Å². The van der Waals surface area contributed by atoms with E-state index in [9.17, 15) is 31.7 Å². The van der Waals surface area contributed by atoms with Crippen LogP contribution in [0.2, 0.25) is 0 Å². The summed E-state index contributed by atoms with van der Waals surface area (Å²) in [6.45, 7) is 0. The zero-order valence-electron chi connectivity index (χ0n) is 7.90. The molecule has 0 saturated heterocycles. The Balaban J connectivity index is 3.15. The molecule has 0 spiro atoms. The van der Waals surface area contributed by atoms with Gasteiger partial charge >= 0.3 is 5.97 Å². The highest BCUT2D eigenvalue weighted by Gasteiger charge is 2.24. The highest BCUT2D eigenvalue weighted by atomic mass is 19.3. The fourth-order valence-electron chi connectivity index (χ4n) is 1.03. The maximum Gasteiger partial charge on any atom is 0.356 e. The van der Waals surface area contributed by atoms with Gasteiger partial charge < -0.3 is 0 Å². The van der Waals surface area contributed by atoms with Gasteiger partial charge in [-0.3, -0.25) is 9.74 Å². The van der Waals surface area contributed by atoms with Crippen molar-refractivity contribution in [2.45, 2.75) is 6.42 Å². The molecule has 8 heteroatoms. The van der Waals surface area contributed by atoms with Crippen LogP contribution in [0.15, 0.2) is 6.07 Å². The number of hydrogen-bond donors (Lipinski definition) is 0. The topological polar surface area (TPSA) is 43.4 Å². The number of carbonyl (C=O) groups is 2. The Labute approximate surface area is 90.7 Å². The van der Waals surface area contributed by atoms with Gasteiger partial charge in [-0.05, 0) is 6.07 Å². The Kier molecular flexibility index (Phi) is 3.77. The lowest BCUT2D eigenvalue weighted by Gasteiger charge is -2.03. The molecular weight excluding hydrogens is 251 g/mol. The van der Waals surface area contributed by atoms with Gasteiger partial charge in [0.05, 0.1) is 5.56 Å². The van der Waals surface area contributed by atoms with Gasteiger partial charge in [-0.2, -0.15) is 0 Å². The number of carbonyl (C=O) groups excluding carboxylic acids is 2. The van der Waals surface area contributed by atoms with E-state index in [1.54, 1.807) is 0 Å². The Morgan fingerprint density at radius 2 is 1.65 bits per heavy atom. The number of Topliss-reactive ketones (excluding diaryl/α,β-unsaturated/α-hetero) is 1. The summed E-state index contributed by atoms with van der Waals surface area (Å²) < 4.78 is 62.2. The third-order valence-electron chi connectivity index (χ3n) is 1.79. The molecule has 0 N–H and O–H groups in total. The van der Waals surface area contributed by atoms with E-state index in [0.29, 0.717) is 0 Å². The van der Waals surface area contributed by atoms with Crippen LogP contribution in [0.5, 0.6) is 0 Å². The first-order valence-corrected chi connectivity index (χ1v) is 4.06. The van der Waals surface area contributed by atoms with E-state index in [1.807, 2.05) is 0 Å². The smallest absolute Gasteiger partial charge is 0.293 e. The minimum absolute atomic E-state index is 0.0710. The van der Waals surface area contributed by atoms with Gasteiger partial charge in [-0.15, -0.1) is 0 Å². The van der Waals surface area contributed by atoms with Crippen LogP contribution in [-0.4, -0.2) is 11.8 Å². The molecule has 0 aromatic heterocycles. The van der Waals surface area contributed by atoms with Gasteiger partial charge in [0.25, 0.3) is 0 Å². The average Bonchev–Trinajstić information content (AvgIpc) is 2.30. The molecule has 3 nitrogen and oxygen atoms in total. The molecule has 0 unspecified atom stereocenters. The molecule has 1 rings (SSSR count). The van der Waals surface area contributed by atoms with Crippen LogP contribution >= 0.6 is 0 Å². The first-order chi connectivity index (χ1) is 7.88. The van der Waals surface area contributed by atoms with Crippen LogP contribution in [0, 0.1) is 23.3 Å². The summed E-state index contributed by atoms with van der Waals surface area (Å²) in [7, 11) is 0. The van der Waals surface area contributed by atoms with Crippen molar-refractivity contribution in [3.8, 4) is 0 Å². The molecule has 92 valence electrons. The van der Waals surface area contributed by atoms with E-state index in [2.05, 4.69) is 4.94 Å². The summed E-state index contributed by atoms with van der Waals surface area (Å²) >= 11 is 0. The molecule has 0 amide bonds. The molecule has 0 bridgehead atoms. The fraction of sp³-hybridized carbons (Fsp3) is 0.111. The minimum Gasteiger partial charge on any atom is -0.293 e. The molecule has 0 aliphatic heterocycles. The summed E-state index contributed by atoms with van der Waals surface area (Å²) in [6.07, 6.45) is -1.27. The van der Waals surface area contributed by atoms with Crippen molar-refractivity contribution in [3.63, 3.8) is 0 Å². The highest BCUT2D eigenvalue weighted by molar-refractivity contribution is 6.06. The molecule has 0 saturated carbocycles. The lowest BCUT2D eigenvalue weighted by atomic mass is 10.1. The normalized spacial score (nSPS) is 10.2. The average molecular weight is 254 g/mol. The molecular formula is C9H3F5O3. The van der Waals surface area contributed by atoms with Gasteiger partial charge in [0.15, 0.2) is 29.1 Å². The van der Waals surface area contributed by atoms with Crippen molar-refractivity contribution < 1.29 is 36.6 Å². The standard InChI is InChI=1S/C9H3F5O3/c10-4-1-3(5(15)2-6(16)17-14)7(11)9(13)8(4)12/h1H,2H2. The summed E-state index contributed by atoms with van der Waals surface area (Å²) in [5.74, 6) is -11.2. The number of benzene rings is 1. The summed E-state index contributed by atoms with van der Waals surface area (Å²) in [5, 5.41) is 0. The second-order valence-electron chi connectivity index (χ2n) is 2.90. The molecule has 0 aliphatic rings. The van der Waals surface area contributed by atoms with E-state index in [1.165, 1.54) is 0 Å². The van der Waals surface area contributed by atoms with E-state index in [4.69, 9.17) is 0 Å². The van der Waals surface area contributed by atoms with E-state index >= 15 is 0 Å². The Morgan fingerprint density at radius 1 is 1.06 bits per heavy atom. The van der Waals surface area contributed by atoms with E-state index in [-0.39, 0.29) is 6.07 Å². The van der Waals surface area contributed by atoms with Crippen LogP contribution in [0.4, 0.5) is 22.1 Å². The summed E-state index contributed by atoms with van der Waals surface area (Å²) in [5.41, 5.74) is -1.20. The van der Waals surface area contributed by atoms with Crippen LogP contribution < -0.4 is 0 Å². The lowest BCUT2D eigenvalue weighted by Crippen LogP contribution is -2.12.